The molecule has 8 nitrogen and oxygen atoms in total. The first-order chi connectivity index (χ1) is 21.0. The molecule has 0 saturated carbocycles. The third-order valence-corrected chi connectivity index (χ3v) is 9.46. The average Bonchev–Trinajstić information content (AvgIpc) is 3.65. The van der Waals surface area contributed by atoms with Crippen molar-refractivity contribution in [3.63, 3.8) is 0 Å². The standard InChI is InChI=1S/C34H34N6O2S/c1-2-31-36-15-20-39(31)18-12-24-7-6-16-38(22-24)17-14-32(41)40-19-13-27-29(21-35)34(43-30(27)23-40)37-33(42)28-11-5-9-25-8-3-4-10-26(25)28/h2-5,8-12,15,20H,1,6-7,13-14,16-19,22-23H2,(H,37,42)/b24-12+. The second kappa shape index (κ2) is 12.8. The zero-order valence-electron chi connectivity index (χ0n) is 24.1. The van der Waals surface area contributed by atoms with E-state index in [2.05, 4.69) is 38.5 Å². The molecule has 9 heteroatoms. The normalized spacial score (nSPS) is 16.2. The number of carbonyl (C=O) groups excluding carboxylic acids is 2. The van der Waals surface area contributed by atoms with Crippen molar-refractivity contribution in [1.82, 2.24) is 19.4 Å². The second-order valence-electron chi connectivity index (χ2n) is 11.0. The van der Waals surface area contributed by atoms with Gasteiger partial charge >= 0.3 is 0 Å². The number of benzene rings is 2. The molecule has 43 heavy (non-hydrogen) atoms. The molecule has 1 fully saturated rings. The van der Waals surface area contributed by atoms with Crippen molar-refractivity contribution in [3.05, 3.63) is 100 Å². The molecule has 0 radical (unpaired) electrons. The van der Waals surface area contributed by atoms with Crippen molar-refractivity contribution < 1.29 is 9.59 Å². The summed E-state index contributed by atoms with van der Waals surface area (Å²) in [5.74, 6) is 0.761. The Labute approximate surface area is 255 Å². The van der Waals surface area contributed by atoms with Crippen LogP contribution in [0.1, 0.15) is 51.4 Å². The van der Waals surface area contributed by atoms with Crippen molar-refractivity contribution in [2.24, 2.45) is 0 Å². The van der Waals surface area contributed by atoms with Crippen LogP contribution in [0.4, 0.5) is 5.00 Å². The summed E-state index contributed by atoms with van der Waals surface area (Å²) in [7, 11) is 0. The third kappa shape index (κ3) is 6.17. The molecule has 0 spiro atoms. The quantitative estimate of drug-likeness (QED) is 0.260. The maximum absolute atomic E-state index is 13.3. The van der Waals surface area contributed by atoms with Crippen LogP contribution in [0.3, 0.4) is 0 Å². The van der Waals surface area contributed by atoms with Crippen LogP contribution in [-0.4, -0.2) is 57.3 Å². The van der Waals surface area contributed by atoms with E-state index >= 15 is 0 Å². The van der Waals surface area contributed by atoms with Crippen molar-refractivity contribution in [2.45, 2.75) is 38.8 Å². The molecule has 1 N–H and O–H groups in total. The summed E-state index contributed by atoms with van der Waals surface area (Å²) >= 11 is 1.41. The van der Waals surface area contributed by atoms with Crippen molar-refractivity contribution in [1.29, 1.82) is 5.26 Å². The van der Waals surface area contributed by atoms with Crippen LogP contribution >= 0.6 is 11.3 Å². The van der Waals surface area contributed by atoms with E-state index in [1.165, 1.54) is 16.9 Å². The van der Waals surface area contributed by atoms with Gasteiger partial charge in [-0.2, -0.15) is 5.26 Å². The Morgan fingerprint density at radius 2 is 1.98 bits per heavy atom. The lowest BCUT2D eigenvalue weighted by Crippen LogP contribution is -2.39. The first kappa shape index (κ1) is 28.6. The Bertz CT molecular complexity index is 1750. The second-order valence-corrected chi connectivity index (χ2v) is 12.1. The molecule has 4 heterocycles. The van der Waals surface area contributed by atoms with E-state index in [4.69, 9.17) is 0 Å². The number of nitriles is 1. The number of carbonyl (C=O) groups is 2. The number of fused-ring (bicyclic) bond motifs is 2. The van der Waals surface area contributed by atoms with Crippen LogP contribution in [0.5, 0.6) is 0 Å². The van der Waals surface area contributed by atoms with Gasteiger partial charge in [-0.05, 0) is 54.3 Å². The number of aromatic nitrogens is 2. The first-order valence-corrected chi connectivity index (χ1v) is 15.5. The van der Waals surface area contributed by atoms with E-state index < -0.39 is 0 Å². The van der Waals surface area contributed by atoms with E-state index in [1.807, 2.05) is 47.5 Å². The van der Waals surface area contributed by atoms with Crippen molar-refractivity contribution in [3.8, 4) is 6.07 Å². The van der Waals surface area contributed by atoms with Gasteiger partial charge in [-0.15, -0.1) is 11.3 Å². The van der Waals surface area contributed by atoms with Crippen LogP contribution in [0.25, 0.3) is 16.8 Å². The highest BCUT2D eigenvalue weighted by Gasteiger charge is 2.28. The van der Waals surface area contributed by atoms with Crippen LogP contribution in [-0.2, 0) is 24.3 Å². The molecule has 0 unspecified atom stereocenters. The summed E-state index contributed by atoms with van der Waals surface area (Å²) in [6, 6.07) is 15.7. The predicted molar refractivity (Wildman–Crippen MR) is 171 cm³/mol. The van der Waals surface area contributed by atoms with Crippen molar-refractivity contribution in [2.75, 3.05) is 31.5 Å². The number of nitrogens with one attached hydrogen (secondary N) is 1. The molecule has 2 aromatic heterocycles. The van der Waals surface area contributed by atoms with Gasteiger partial charge in [0.15, 0.2) is 0 Å². The molecule has 2 amide bonds. The van der Waals surface area contributed by atoms with Gasteiger partial charge in [0, 0.05) is 55.4 Å². The highest BCUT2D eigenvalue weighted by molar-refractivity contribution is 7.16. The lowest BCUT2D eigenvalue weighted by Gasteiger charge is -2.31. The number of rotatable bonds is 8. The molecule has 2 aliphatic heterocycles. The fraction of sp³-hybridized carbons (Fsp3) is 0.294. The lowest BCUT2D eigenvalue weighted by molar-refractivity contribution is -0.132. The molecule has 1 saturated heterocycles. The number of thiophene rings is 1. The zero-order chi connectivity index (χ0) is 29.8. The number of nitrogens with zero attached hydrogens (tertiary/aromatic N) is 5. The Hall–Kier alpha value is -4.52. The number of amides is 2. The van der Waals surface area contributed by atoms with Gasteiger partial charge in [-0.3, -0.25) is 14.5 Å². The maximum atomic E-state index is 13.3. The van der Waals surface area contributed by atoms with Gasteiger partial charge in [0.2, 0.25) is 5.91 Å². The number of anilines is 1. The maximum Gasteiger partial charge on any atom is 0.256 e. The smallest absolute Gasteiger partial charge is 0.256 e. The van der Waals surface area contributed by atoms with E-state index in [0.29, 0.717) is 42.1 Å². The largest absolute Gasteiger partial charge is 0.337 e. The molecular formula is C34H34N6O2S. The first-order valence-electron chi connectivity index (χ1n) is 14.7. The Kier molecular flexibility index (Phi) is 8.50. The van der Waals surface area contributed by atoms with E-state index in [1.54, 1.807) is 18.3 Å². The fourth-order valence-electron chi connectivity index (χ4n) is 6.05. The van der Waals surface area contributed by atoms with E-state index in [9.17, 15) is 14.9 Å². The summed E-state index contributed by atoms with van der Waals surface area (Å²) < 4.78 is 2.08. The summed E-state index contributed by atoms with van der Waals surface area (Å²) in [5.41, 5.74) is 3.44. The van der Waals surface area contributed by atoms with E-state index in [0.717, 1.165) is 66.1 Å². The van der Waals surface area contributed by atoms with E-state index in [-0.39, 0.29) is 11.8 Å². The van der Waals surface area contributed by atoms with Crippen LogP contribution in [0.2, 0.25) is 0 Å². The minimum Gasteiger partial charge on any atom is -0.337 e. The topological polar surface area (TPSA) is 94.3 Å². The minimum absolute atomic E-state index is 0.129. The molecule has 4 aromatic rings. The Balaban J connectivity index is 1.07. The molecule has 2 aromatic carbocycles. The van der Waals surface area contributed by atoms with Crippen LogP contribution < -0.4 is 5.32 Å². The molecule has 0 aliphatic carbocycles. The van der Waals surface area contributed by atoms with Gasteiger partial charge in [0.1, 0.15) is 16.9 Å². The molecule has 0 atom stereocenters. The third-order valence-electron chi connectivity index (χ3n) is 8.33. The number of allylic oxidation sites excluding steroid dienone is 1. The Morgan fingerprint density at radius 3 is 2.84 bits per heavy atom. The number of likely N-dealkylation sites (tertiary alicyclic amines) is 1. The Morgan fingerprint density at radius 1 is 1.12 bits per heavy atom. The summed E-state index contributed by atoms with van der Waals surface area (Å²) in [4.78, 5) is 36.1. The predicted octanol–water partition coefficient (Wildman–Crippen LogP) is 5.86. The molecule has 0 bridgehead atoms. The minimum atomic E-state index is -0.235. The number of imidazole rings is 1. The number of piperidine rings is 1. The monoisotopic (exact) mass is 590 g/mol. The highest BCUT2D eigenvalue weighted by Crippen LogP contribution is 2.37. The van der Waals surface area contributed by atoms with Gasteiger partial charge < -0.3 is 14.8 Å². The van der Waals surface area contributed by atoms with Crippen LogP contribution in [0.15, 0.2) is 73.1 Å². The molecule has 218 valence electrons. The molecule has 2 aliphatic rings. The van der Waals surface area contributed by atoms with Crippen LogP contribution in [0, 0.1) is 11.3 Å². The number of hydrogen-bond donors (Lipinski definition) is 1. The van der Waals surface area contributed by atoms with Crippen molar-refractivity contribution >= 4 is 45.0 Å². The summed E-state index contributed by atoms with van der Waals surface area (Å²) in [6.45, 7) is 8.25. The average molecular weight is 591 g/mol. The zero-order valence-corrected chi connectivity index (χ0v) is 24.9. The van der Waals surface area contributed by atoms with Gasteiger partial charge in [-0.1, -0.05) is 54.6 Å². The lowest BCUT2D eigenvalue weighted by atomic mass is 10.0. The fourth-order valence-corrected chi connectivity index (χ4v) is 7.26. The summed E-state index contributed by atoms with van der Waals surface area (Å²) in [6.07, 6.45) is 11.0. The SMILES string of the molecule is C=Cc1nccn1C/C=C1\CCCN(CCC(=O)N2CCc3c(sc(NC(=O)c4cccc5ccccc45)c3C#N)C2)C1. The van der Waals surface area contributed by atoms with Gasteiger partial charge in [-0.25, -0.2) is 4.98 Å². The number of hydrogen-bond acceptors (Lipinski definition) is 6. The van der Waals surface area contributed by atoms with Gasteiger partial charge in [0.25, 0.3) is 5.91 Å². The molecule has 6 rings (SSSR count). The summed E-state index contributed by atoms with van der Waals surface area (Å²) in [5, 5.41) is 15.4. The van der Waals surface area contributed by atoms with Gasteiger partial charge in [0.05, 0.1) is 12.1 Å². The highest BCUT2D eigenvalue weighted by atomic mass is 32.1. The molecular weight excluding hydrogens is 556 g/mol.